The van der Waals surface area contributed by atoms with Gasteiger partial charge in [-0.05, 0) is 23.3 Å². The summed E-state index contributed by atoms with van der Waals surface area (Å²) in [5.74, 6) is -0.00379. The Balaban J connectivity index is 0.00000280. The minimum Gasteiger partial charge on any atom is -0.482 e. The number of methoxy groups -OCH3 is 1. The van der Waals surface area contributed by atoms with Crippen molar-refractivity contribution >= 4 is 35.7 Å². The Hall–Kier alpha value is -3.10. The zero-order chi connectivity index (χ0) is 19.4. The summed E-state index contributed by atoms with van der Waals surface area (Å²) in [6.07, 6.45) is -0.828. The molecular weight excluding hydrogens is 384 g/mol. The maximum Gasteiger partial charge on any atom is 0.262 e. The van der Waals surface area contributed by atoms with Crippen molar-refractivity contribution in [2.24, 2.45) is 5.73 Å². The maximum atomic E-state index is 12.5. The molecule has 0 radical (unpaired) electrons. The van der Waals surface area contributed by atoms with Gasteiger partial charge in [-0.2, -0.15) is 0 Å². The van der Waals surface area contributed by atoms with Crippen molar-refractivity contribution in [3.63, 3.8) is 0 Å². The Labute approximate surface area is 168 Å². The number of benzene rings is 2. The molecule has 1 atom stereocenters. The summed E-state index contributed by atoms with van der Waals surface area (Å²) in [5.41, 5.74) is 8.04. The fourth-order valence-corrected chi connectivity index (χ4v) is 2.74. The first-order valence-electron chi connectivity index (χ1n) is 8.28. The standard InChI is InChI=1S/C19H20N4O4.ClH/c1-26-17(13-6-7-15-14(8-13)23-16(24)10-27-15)19(25)22-9-11-2-4-12(5-3-11)18(20)21;/h2-8,17H,9-10H2,1H3,(H3,20,21)(H,22,25)(H,23,24);1H. The number of hydrogen-bond acceptors (Lipinski definition) is 5. The van der Waals surface area contributed by atoms with E-state index in [0.717, 1.165) is 5.56 Å². The molecule has 0 aliphatic carbocycles. The van der Waals surface area contributed by atoms with Crippen molar-refractivity contribution in [1.29, 1.82) is 5.41 Å². The number of nitrogen functional groups attached to an aromatic ring is 1. The van der Waals surface area contributed by atoms with E-state index in [9.17, 15) is 9.59 Å². The van der Waals surface area contributed by atoms with E-state index in [1.807, 2.05) is 0 Å². The lowest BCUT2D eigenvalue weighted by molar-refractivity contribution is -0.131. The van der Waals surface area contributed by atoms with Crippen LogP contribution in [-0.2, 0) is 20.9 Å². The van der Waals surface area contributed by atoms with E-state index in [1.165, 1.54) is 7.11 Å². The maximum absolute atomic E-state index is 12.5. The minimum absolute atomic E-state index is 0. The number of halogens is 1. The molecule has 2 amide bonds. The number of nitrogens with one attached hydrogen (secondary N) is 3. The highest BCUT2D eigenvalue weighted by molar-refractivity contribution is 5.96. The van der Waals surface area contributed by atoms with Crippen LogP contribution < -0.4 is 21.1 Å². The zero-order valence-electron chi connectivity index (χ0n) is 15.2. The van der Waals surface area contributed by atoms with E-state index < -0.39 is 6.10 Å². The number of rotatable bonds is 6. The van der Waals surface area contributed by atoms with Crippen LogP contribution >= 0.6 is 12.4 Å². The molecule has 0 saturated carbocycles. The molecule has 0 fully saturated rings. The predicted octanol–water partition coefficient (Wildman–Crippen LogP) is 1.73. The summed E-state index contributed by atoms with van der Waals surface area (Å²) in [6.45, 7) is 0.282. The molecule has 2 aromatic rings. The summed E-state index contributed by atoms with van der Waals surface area (Å²) in [6, 6.07) is 12.1. The molecule has 0 spiro atoms. The number of carbonyl (C=O) groups excluding carboxylic acids is 2. The molecule has 3 rings (SSSR count). The van der Waals surface area contributed by atoms with E-state index >= 15 is 0 Å². The molecule has 9 heteroatoms. The Morgan fingerprint density at radius 3 is 2.68 bits per heavy atom. The lowest BCUT2D eigenvalue weighted by Gasteiger charge is -2.21. The lowest BCUT2D eigenvalue weighted by Crippen LogP contribution is -2.30. The topological polar surface area (TPSA) is 127 Å². The quantitative estimate of drug-likeness (QED) is 0.430. The number of carbonyl (C=O) groups is 2. The van der Waals surface area contributed by atoms with E-state index in [2.05, 4.69) is 10.6 Å². The number of ether oxygens (including phenoxy) is 2. The smallest absolute Gasteiger partial charge is 0.262 e. The summed E-state index contributed by atoms with van der Waals surface area (Å²) in [5, 5.41) is 12.9. The number of amidine groups is 1. The van der Waals surface area contributed by atoms with Gasteiger partial charge in [0.15, 0.2) is 12.7 Å². The third-order valence-electron chi connectivity index (χ3n) is 4.14. The Kier molecular flexibility index (Phi) is 6.97. The molecule has 1 aliphatic rings. The fourth-order valence-electron chi connectivity index (χ4n) is 2.74. The lowest BCUT2D eigenvalue weighted by atomic mass is 10.1. The van der Waals surface area contributed by atoms with Gasteiger partial charge in [0.1, 0.15) is 11.6 Å². The molecule has 1 aliphatic heterocycles. The average Bonchev–Trinajstić information content (AvgIpc) is 2.67. The third kappa shape index (κ3) is 4.79. The van der Waals surface area contributed by atoms with Crippen molar-refractivity contribution in [1.82, 2.24) is 5.32 Å². The van der Waals surface area contributed by atoms with Gasteiger partial charge in [-0.25, -0.2) is 0 Å². The number of amides is 2. The number of fused-ring (bicyclic) bond motifs is 1. The number of hydrogen-bond donors (Lipinski definition) is 4. The Bertz CT molecular complexity index is 886. The van der Waals surface area contributed by atoms with Gasteiger partial charge >= 0.3 is 0 Å². The molecular formula is C19H21ClN4O4. The van der Waals surface area contributed by atoms with Gasteiger partial charge in [-0.1, -0.05) is 30.3 Å². The molecule has 1 unspecified atom stereocenters. The molecule has 28 heavy (non-hydrogen) atoms. The van der Waals surface area contributed by atoms with Crippen LogP contribution in [0.2, 0.25) is 0 Å². The van der Waals surface area contributed by atoms with Crippen molar-refractivity contribution in [2.45, 2.75) is 12.6 Å². The van der Waals surface area contributed by atoms with Gasteiger partial charge in [0.25, 0.3) is 11.8 Å². The summed E-state index contributed by atoms with van der Waals surface area (Å²) in [7, 11) is 1.44. The Morgan fingerprint density at radius 2 is 2.04 bits per heavy atom. The second-order valence-electron chi connectivity index (χ2n) is 6.04. The van der Waals surface area contributed by atoms with E-state index in [4.69, 9.17) is 20.6 Å². The molecule has 8 nitrogen and oxygen atoms in total. The minimum atomic E-state index is -0.828. The highest BCUT2D eigenvalue weighted by Crippen LogP contribution is 2.31. The van der Waals surface area contributed by atoms with Crippen LogP contribution in [0, 0.1) is 5.41 Å². The van der Waals surface area contributed by atoms with Crippen LogP contribution in [-0.4, -0.2) is 31.4 Å². The van der Waals surface area contributed by atoms with Crippen molar-refractivity contribution in [3.05, 3.63) is 59.2 Å². The summed E-state index contributed by atoms with van der Waals surface area (Å²) in [4.78, 5) is 24.0. The first kappa shape index (κ1) is 21.2. The fraction of sp³-hybridized carbons (Fsp3) is 0.211. The van der Waals surface area contributed by atoms with Crippen molar-refractivity contribution < 1.29 is 19.1 Å². The highest BCUT2D eigenvalue weighted by Gasteiger charge is 2.23. The van der Waals surface area contributed by atoms with Crippen LogP contribution in [0.3, 0.4) is 0 Å². The van der Waals surface area contributed by atoms with Gasteiger partial charge in [-0.3, -0.25) is 15.0 Å². The van der Waals surface area contributed by atoms with Gasteiger partial charge < -0.3 is 25.8 Å². The zero-order valence-corrected chi connectivity index (χ0v) is 16.0. The van der Waals surface area contributed by atoms with Crippen LogP contribution in [0.15, 0.2) is 42.5 Å². The van der Waals surface area contributed by atoms with Crippen LogP contribution in [0.25, 0.3) is 0 Å². The summed E-state index contributed by atoms with van der Waals surface area (Å²) < 4.78 is 10.7. The monoisotopic (exact) mass is 404 g/mol. The van der Waals surface area contributed by atoms with Gasteiger partial charge in [-0.15, -0.1) is 12.4 Å². The number of nitrogens with two attached hydrogens (primary N) is 1. The SMILES string of the molecule is COC(C(=O)NCc1ccc(C(=N)N)cc1)c1ccc2c(c1)NC(=O)CO2.Cl. The van der Waals surface area contributed by atoms with Gasteiger partial charge in [0, 0.05) is 19.2 Å². The van der Waals surface area contributed by atoms with Crippen LogP contribution in [0.1, 0.15) is 22.8 Å². The van der Waals surface area contributed by atoms with Gasteiger partial charge in [0.05, 0.1) is 5.69 Å². The van der Waals surface area contributed by atoms with E-state index in [-0.39, 0.29) is 36.7 Å². The molecule has 148 valence electrons. The third-order valence-corrected chi connectivity index (χ3v) is 4.14. The average molecular weight is 405 g/mol. The van der Waals surface area contributed by atoms with E-state index in [0.29, 0.717) is 29.1 Å². The molecule has 5 N–H and O–H groups in total. The van der Waals surface area contributed by atoms with Crippen molar-refractivity contribution in [3.8, 4) is 5.75 Å². The van der Waals surface area contributed by atoms with Gasteiger partial charge in [0.2, 0.25) is 0 Å². The molecule has 2 aromatic carbocycles. The van der Waals surface area contributed by atoms with Crippen molar-refractivity contribution in [2.75, 3.05) is 19.0 Å². The normalized spacial score (nSPS) is 13.2. The number of anilines is 1. The van der Waals surface area contributed by atoms with Crippen LogP contribution in [0.5, 0.6) is 5.75 Å². The van der Waals surface area contributed by atoms with E-state index in [1.54, 1.807) is 42.5 Å². The Morgan fingerprint density at radius 1 is 1.32 bits per heavy atom. The predicted molar refractivity (Wildman–Crippen MR) is 107 cm³/mol. The largest absolute Gasteiger partial charge is 0.482 e. The molecule has 0 saturated heterocycles. The molecule has 1 heterocycles. The second-order valence-corrected chi connectivity index (χ2v) is 6.04. The second kappa shape index (κ2) is 9.20. The van der Waals surface area contributed by atoms with Crippen LogP contribution in [0.4, 0.5) is 5.69 Å². The summed E-state index contributed by atoms with van der Waals surface area (Å²) >= 11 is 0. The first-order chi connectivity index (χ1) is 13.0. The first-order valence-corrected chi connectivity index (χ1v) is 8.28. The highest BCUT2D eigenvalue weighted by atomic mass is 35.5. The molecule has 0 bridgehead atoms. The molecule has 0 aromatic heterocycles.